The molecular weight excluding hydrogens is 118 g/mol. The summed E-state index contributed by atoms with van der Waals surface area (Å²) in [6, 6.07) is 0. The van der Waals surface area contributed by atoms with Crippen LogP contribution in [0.25, 0.3) is 0 Å². The summed E-state index contributed by atoms with van der Waals surface area (Å²) in [7, 11) is 0. The number of hydrazone groups is 1. The van der Waals surface area contributed by atoms with E-state index in [-0.39, 0.29) is 6.54 Å². The SMILES string of the molecule is CCN(N)/C(CN)=N\N. The number of hydrogen-bond donors (Lipinski definition) is 3. The van der Waals surface area contributed by atoms with Gasteiger partial charge in [0.1, 0.15) is 0 Å². The minimum absolute atomic E-state index is 0.279. The van der Waals surface area contributed by atoms with E-state index in [1.165, 1.54) is 5.01 Å². The molecule has 0 aromatic heterocycles. The average Bonchev–Trinajstić information content (AvgIpc) is 1.90. The van der Waals surface area contributed by atoms with E-state index in [0.29, 0.717) is 12.4 Å². The Kier molecular flexibility index (Phi) is 3.74. The van der Waals surface area contributed by atoms with Crippen molar-refractivity contribution in [1.82, 2.24) is 5.01 Å². The van der Waals surface area contributed by atoms with Gasteiger partial charge in [0, 0.05) is 6.54 Å². The van der Waals surface area contributed by atoms with Crippen LogP contribution in [0.2, 0.25) is 0 Å². The largest absolute Gasteiger partial charge is 0.324 e. The molecule has 0 saturated heterocycles. The van der Waals surface area contributed by atoms with Crippen molar-refractivity contribution in [2.45, 2.75) is 6.92 Å². The number of likely N-dealkylation sites (N-methyl/N-ethyl adjacent to an activating group) is 1. The van der Waals surface area contributed by atoms with Gasteiger partial charge in [0.15, 0.2) is 5.84 Å². The first-order valence-electron chi connectivity index (χ1n) is 2.75. The molecular formula is C4H13N5. The quantitative estimate of drug-likeness (QED) is 0.182. The molecule has 0 saturated carbocycles. The van der Waals surface area contributed by atoms with Gasteiger partial charge in [0.25, 0.3) is 0 Å². The number of nitrogens with zero attached hydrogens (tertiary/aromatic N) is 2. The van der Waals surface area contributed by atoms with Crippen LogP contribution >= 0.6 is 0 Å². The Hall–Kier alpha value is -0.810. The van der Waals surface area contributed by atoms with Crippen LogP contribution in [0.1, 0.15) is 6.92 Å². The number of nitrogens with two attached hydrogens (primary N) is 3. The Morgan fingerprint density at radius 2 is 2.22 bits per heavy atom. The molecule has 0 aliphatic heterocycles. The number of hydrazine groups is 1. The van der Waals surface area contributed by atoms with Crippen LogP contribution in [-0.2, 0) is 0 Å². The van der Waals surface area contributed by atoms with Crippen molar-refractivity contribution in [3.63, 3.8) is 0 Å². The highest BCUT2D eigenvalue weighted by Crippen LogP contribution is 1.77. The van der Waals surface area contributed by atoms with E-state index < -0.39 is 0 Å². The minimum atomic E-state index is 0.279. The maximum atomic E-state index is 5.38. The third-order valence-electron chi connectivity index (χ3n) is 1.00. The molecule has 0 fully saturated rings. The van der Waals surface area contributed by atoms with Gasteiger partial charge in [-0.2, -0.15) is 5.10 Å². The first kappa shape index (κ1) is 8.19. The van der Waals surface area contributed by atoms with Gasteiger partial charge in [-0.1, -0.05) is 0 Å². The summed E-state index contributed by atoms with van der Waals surface area (Å²) >= 11 is 0. The third kappa shape index (κ3) is 2.29. The van der Waals surface area contributed by atoms with Crippen molar-refractivity contribution in [3.05, 3.63) is 0 Å². The van der Waals surface area contributed by atoms with Crippen molar-refractivity contribution in [3.8, 4) is 0 Å². The molecule has 54 valence electrons. The van der Waals surface area contributed by atoms with Crippen molar-refractivity contribution in [2.75, 3.05) is 13.1 Å². The molecule has 0 heterocycles. The predicted octanol–water partition coefficient (Wildman–Crippen LogP) is -1.59. The zero-order valence-electron chi connectivity index (χ0n) is 5.54. The monoisotopic (exact) mass is 131 g/mol. The average molecular weight is 131 g/mol. The number of amidine groups is 1. The Morgan fingerprint density at radius 3 is 2.33 bits per heavy atom. The predicted molar refractivity (Wildman–Crippen MR) is 37.2 cm³/mol. The molecule has 0 atom stereocenters. The van der Waals surface area contributed by atoms with Crippen molar-refractivity contribution >= 4 is 5.84 Å². The van der Waals surface area contributed by atoms with Crippen molar-refractivity contribution in [1.29, 1.82) is 0 Å². The summed E-state index contributed by atoms with van der Waals surface area (Å²) in [5.41, 5.74) is 5.23. The normalized spacial score (nSPS) is 11.7. The van der Waals surface area contributed by atoms with Crippen LogP contribution in [-0.4, -0.2) is 23.9 Å². The van der Waals surface area contributed by atoms with E-state index in [1.54, 1.807) is 0 Å². The van der Waals surface area contributed by atoms with Crippen LogP contribution in [0.4, 0.5) is 0 Å². The molecule has 0 aliphatic rings. The van der Waals surface area contributed by atoms with Gasteiger partial charge in [-0.25, -0.2) is 5.84 Å². The van der Waals surface area contributed by atoms with Crippen molar-refractivity contribution in [2.24, 2.45) is 22.5 Å². The summed E-state index contributed by atoms with van der Waals surface area (Å²) in [5.74, 6) is 10.8. The molecule has 0 aromatic rings. The molecule has 0 bridgehead atoms. The highest BCUT2D eigenvalue weighted by Gasteiger charge is 1.99. The van der Waals surface area contributed by atoms with Crippen LogP contribution < -0.4 is 17.4 Å². The highest BCUT2D eigenvalue weighted by atomic mass is 15.4. The standard InChI is InChI=1S/C4H13N5/c1-2-9(7)4(3-5)8-6/h2-3,5-7H2,1H3/b8-4-. The first-order chi connectivity index (χ1) is 4.26. The van der Waals surface area contributed by atoms with Gasteiger partial charge in [0.2, 0.25) is 0 Å². The number of rotatable bonds is 2. The van der Waals surface area contributed by atoms with E-state index in [2.05, 4.69) is 5.10 Å². The molecule has 0 aliphatic carbocycles. The lowest BCUT2D eigenvalue weighted by Crippen LogP contribution is -2.41. The van der Waals surface area contributed by atoms with Gasteiger partial charge < -0.3 is 11.6 Å². The fourth-order valence-corrected chi connectivity index (χ4v) is 0.427. The zero-order chi connectivity index (χ0) is 7.28. The summed E-state index contributed by atoms with van der Waals surface area (Å²) < 4.78 is 0. The highest BCUT2D eigenvalue weighted by molar-refractivity contribution is 5.83. The van der Waals surface area contributed by atoms with Crippen molar-refractivity contribution < 1.29 is 0 Å². The Bertz CT molecular complexity index is 99.1. The second kappa shape index (κ2) is 4.11. The lowest BCUT2D eigenvalue weighted by Gasteiger charge is -2.15. The van der Waals surface area contributed by atoms with Gasteiger partial charge in [-0.15, -0.1) is 0 Å². The number of hydrogen-bond acceptors (Lipinski definition) is 4. The Balaban J connectivity index is 3.80. The van der Waals surface area contributed by atoms with E-state index in [0.717, 1.165) is 0 Å². The van der Waals surface area contributed by atoms with E-state index in [9.17, 15) is 0 Å². The maximum Gasteiger partial charge on any atom is 0.152 e. The first-order valence-corrected chi connectivity index (χ1v) is 2.75. The molecule has 0 spiro atoms. The lowest BCUT2D eigenvalue weighted by molar-refractivity contribution is 0.457. The maximum absolute atomic E-state index is 5.38. The summed E-state index contributed by atoms with van der Waals surface area (Å²) in [4.78, 5) is 0. The molecule has 0 amide bonds. The van der Waals surface area contributed by atoms with Gasteiger partial charge >= 0.3 is 0 Å². The second-order valence-electron chi connectivity index (χ2n) is 1.54. The molecule has 5 heteroatoms. The Labute approximate surface area is 54.4 Å². The molecule has 0 aromatic carbocycles. The molecule has 9 heavy (non-hydrogen) atoms. The lowest BCUT2D eigenvalue weighted by atomic mass is 10.5. The van der Waals surface area contributed by atoms with E-state index in [1.807, 2.05) is 6.92 Å². The minimum Gasteiger partial charge on any atom is -0.324 e. The smallest absolute Gasteiger partial charge is 0.152 e. The molecule has 6 N–H and O–H groups in total. The van der Waals surface area contributed by atoms with Crippen LogP contribution in [0, 0.1) is 0 Å². The zero-order valence-corrected chi connectivity index (χ0v) is 5.54. The summed E-state index contributed by atoms with van der Waals surface area (Å²) in [6.07, 6.45) is 0. The van der Waals surface area contributed by atoms with Crippen LogP contribution in [0.3, 0.4) is 0 Å². The molecule has 0 rings (SSSR count). The Morgan fingerprint density at radius 1 is 1.67 bits per heavy atom. The topological polar surface area (TPSA) is 93.7 Å². The van der Waals surface area contributed by atoms with E-state index >= 15 is 0 Å². The second-order valence-corrected chi connectivity index (χ2v) is 1.54. The van der Waals surface area contributed by atoms with E-state index in [4.69, 9.17) is 17.4 Å². The molecule has 0 radical (unpaired) electrons. The van der Waals surface area contributed by atoms with Gasteiger partial charge in [-0.3, -0.25) is 5.01 Å². The molecule has 0 unspecified atom stereocenters. The summed E-state index contributed by atoms with van der Waals surface area (Å²) in [6.45, 7) is 2.83. The van der Waals surface area contributed by atoms with Crippen LogP contribution in [0.15, 0.2) is 5.10 Å². The summed E-state index contributed by atoms with van der Waals surface area (Å²) in [5, 5.41) is 4.77. The third-order valence-corrected chi connectivity index (χ3v) is 1.00. The van der Waals surface area contributed by atoms with Gasteiger partial charge in [0.05, 0.1) is 6.54 Å². The molecule has 5 nitrogen and oxygen atoms in total. The fraction of sp³-hybridized carbons (Fsp3) is 0.750. The van der Waals surface area contributed by atoms with Gasteiger partial charge in [-0.05, 0) is 6.92 Å². The fourth-order valence-electron chi connectivity index (χ4n) is 0.427. The van der Waals surface area contributed by atoms with Crippen LogP contribution in [0.5, 0.6) is 0 Å².